The lowest BCUT2D eigenvalue weighted by atomic mass is 9.80. The van der Waals surface area contributed by atoms with Crippen LogP contribution in [0.5, 0.6) is 0 Å². The molecule has 4 nitrogen and oxygen atoms in total. The summed E-state index contributed by atoms with van der Waals surface area (Å²) in [5.74, 6) is -0.277. The van der Waals surface area contributed by atoms with Crippen LogP contribution in [0.1, 0.15) is 68.3 Å². The number of benzene rings is 1. The number of aliphatic hydroxyl groups excluding tert-OH is 2. The fraction of sp³-hybridized carbons (Fsp3) is 0.500. The second-order valence-corrected chi connectivity index (χ2v) is 12.2. The van der Waals surface area contributed by atoms with Crippen LogP contribution in [0.15, 0.2) is 45.9 Å². The van der Waals surface area contributed by atoms with Crippen LogP contribution >= 0.6 is 23.1 Å². The zero-order valence-corrected chi connectivity index (χ0v) is 21.5. The van der Waals surface area contributed by atoms with E-state index < -0.39 is 11.6 Å². The average molecular weight is 475 g/mol. The van der Waals surface area contributed by atoms with E-state index in [2.05, 4.69) is 39.0 Å². The molecule has 0 saturated heterocycles. The Labute approximate surface area is 199 Å². The van der Waals surface area contributed by atoms with Gasteiger partial charge in [-0.2, -0.15) is 0 Å². The molecule has 3 rings (SSSR count). The van der Waals surface area contributed by atoms with Gasteiger partial charge in [-0.3, -0.25) is 0 Å². The zero-order chi connectivity index (χ0) is 23.7. The molecule has 1 unspecified atom stereocenters. The van der Waals surface area contributed by atoms with Gasteiger partial charge in [0.05, 0.1) is 6.61 Å². The van der Waals surface area contributed by atoms with Crippen LogP contribution in [-0.2, 0) is 28.0 Å². The van der Waals surface area contributed by atoms with Gasteiger partial charge in [0.1, 0.15) is 16.3 Å². The maximum Gasteiger partial charge on any atom is 0.349 e. The van der Waals surface area contributed by atoms with Crippen molar-refractivity contribution >= 4 is 29.1 Å². The molecular weight excluding hydrogens is 440 g/mol. The molecule has 1 aliphatic heterocycles. The summed E-state index contributed by atoms with van der Waals surface area (Å²) in [6.45, 7) is 12.6. The molecule has 1 aromatic carbocycles. The van der Waals surface area contributed by atoms with Crippen molar-refractivity contribution in [3.05, 3.63) is 61.9 Å². The van der Waals surface area contributed by atoms with Crippen molar-refractivity contribution in [2.45, 2.75) is 83.3 Å². The summed E-state index contributed by atoms with van der Waals surface area (Å²) in [4.78, 5) is 16.5. The van der Waals surface area contributed by atoms with Crippen molar-refractivity contribution in [2.24, 2.45) is 5.92 Å². The molecule has 1 atom stereocenters. The van der Waals surface area contributed by atoms with E-state index in [1.807, 2.05) is 32.9 Å². The molecule has 0 saturated carbocycles. The van der Waals surface area contributed by atoms with Gasteiger partial charge in [0.2, 0.25) is 0 Å². The Bertz CT molecular complexity index is 1010. The molecule has 0 aliphatic carbocycles. The fourth-order valence-electron chi connectivity index (χ4n) is 4.02. The van der Waals surface area contributed by atoms with Gasteiger partial charge in [-0.05, 0) is 60.4 Å². The molecular formula is C26H34O4S2. The molecule has 1 aliphatic rings. The lowest BCUT2D eigenvalue weighted by Crippen LogP contribution is -2.44. The number of cyclic esters (lactones) is 1. The van der Waals surface area contributed by atoms with E-state index >= 15 is 0 Å². The SMILES string of the molecule is Cc1ccc(C(C)(C)C)c(SC2=C(O)CC(CCc3ccc(CO)s3)(C(C)C)OC2=O)c1. The van der Waals surface area contributed by atoms with Gasteiger partial charge in [0.25, 0.3) is 0 Å². The molecule has 0 spiro atoms. The third kappa shape index (κ3) is 5.41. The maximum atomic E-state index is 13.1. The number of thioether (sulfide) groups is 1. The van der Waals surface area contributed by atoms with Gasteiger partial charge >= 0.3 is 5.97 Å². The largest absolute Gasteiger partial charge is 0.511 e. The van der Waals surface area contributed by atoms with Gasteiger partial charge < -0.3 is 14.9 Å². The molecule has 174 valence electrons. The second-order valence-electron chi connectivity index (χ2n) is 9.94. The van der Waals surface area contributed by atoms with E-state index in [4.69, 9.17) is 4.74 Å². The van der Waals surface area contributed by atoms with Crippen LogP contribution in [0.2, 0.25) is 0 Å². The summed E-state index contributed by atoms with van der Waals surface area (Å²) in [5, 5.41) is 20.3. The first-order valence-electron chi connectivity index (χ1n) is 11.1. The lowest BCUT2D eigenvalue weighted by molar-refractivity contribution is -0.164. The van der Waals surface area contributed by atoms with Gasteiger partial charge in [-0.15, -0.1) is 11.3 Å². The number of carbonyl (C=O) groups excluding carboxylic acids is 1. The standard InChI is InChI=1S/C26H34O4S2/c1-16(2)26(12-11-18-8-9-19(15-27)31-18)14-21(28)23(24(29)30-26)32-22-13-17(3)7-10-20(22)25(4,5)6/h7-10,13,16,27-28H,11-12,14-15H2,1-6H3. The van der Waals surface area contributed by atoms with Crippen LogP contribution in [-0.4, -0.2) is 21.8 Å². The number of aryl methyl sites for hydroxylation is 2. The Balaban J connectivity index is 1.87. The van der Waals surface area contributed by atoms with E-state index in [0.717, 1.165) is 32.2 Å². The van der Waals surface area contributed by atoms with Gasteiger partial charge in [0, 0.05) is 21.1 Å². The summed E-state index contributed by atoms with van der Waals surface area (Å²) >= 11 is 2.88. The maximum absolute atomic E-state index is 13.1. The highest BCUT2D eigenvalue weighted by molar-refractivity contribution is 8.04. The monoisotopic (exact) mass is 474 g/mol. The summed E-state index contributed by atoms with van der Waals surface area (Å²) in [6.07, 6.45) is 1.67. The third-order valence-electron chi connectivity index (χ3n) is 6.09. The quantitative estimate of drug-likeness (QED) is 0.438. The van der Waals surface area contributed by atoms with E-state index in [0.29, 0.717) is 12.8 Å². The van der Waals surface area contributed by atoms with Gasteiger partial charge in [-0.25, -0.2) is 4.79 Å². The molecule has 1 aromatic heterocycles. The zero-order valence-electron chi connectivity index (χ0n) is 19.8. The number of carbonyl (C=O) groups is 1. The summed E-state index contributed by atoms with van der Waals surface area (Å²) < 4.78 is 6.08. The summed E-state index contributed by atoms with van der Waals surface area (Å²) in [7, 11) is 0. The van der Waals surface area contributed by atoms with Crippen LogP contribution in [0.4, 0.5) is 0 Å². The minimum atomic E-state index is -0.742. The molecule has 0 bridgehead atoms. The second kappa shape index (κ2) is 9.62. The van der Waals surface area contributed by atoms with E-state index in [9.17, 15) is 15.0 Å². The topological polar surface area (TPSA) is 66.8 Å². The molecule has 2 aromatic rings. The fourth-order valence-corrected chi connectivity index (χ4v) is 6.16. The predicted octanol–water partition coefficient (Wildman–Crippen LogP) is 6.68. The van der Waals surface area contributed by atoms with Crippen molar-refractivity contribution in [1.82, 2.24) is 0 Å². The number of rotatable bonds is 7. The number of aliphatic hydroxyl groups is 2. The van der Waals surface area contributed by atoms with Gasteiger partial charge in [0.15, 0.2) is 0 Å². The Kier molecular flexibility index (Phi) is 7.48. The molecule has 32 heavy (non-hydrogen) atoms. The Morgan fingerprint density at radius 2 is 1.88 bits per heavy atom. The van der Waals surface area contributed by atoms with E-state index in [1.54, 1.807) is 11.3 Å². The van der Waals surface area contributed by atoms with Crippen LogP contribution in [0, 0.1) is 12.8 Å². The lowest BCUT2D eigenvalue weighted by Gasteiger charge is -2.40. The number of hydrogen-bond acceptors (Lipinski definition) is 6. The highest BCUT2D eigenvalue weighted by Crippen LogP contribution is 2.45. The first-order valence-corrected chi connectivity index (χ1v) is 12.7. The van der Waals surface area contributed by atoms with Gasteiger partial charge in [-0.1, -0.05) is 58.5 Å². The normalized spacial score (nSPS) is 19.6. The summed E-state index contributed by atoms with van der Waals surface area (Å²) in [6, 6.07) is 10.2. The molecule has 0 fully saturated rings. The van der Waals surface area contributed by atoms with Crippen molar-refractivity contribution in [1.29, 1.82) is 0 Å². The van der Waals surface area contributed by atoms with E-state index in [-0.39, 0.29) is 28.6 Å². The van der Waals surface area contributed by atoms with Crippen molar-refractivity contribution in [3.8, 4) is 0 Å². The van der Waals surface area contributed by atoms with E-state index in [1.165, 1.54) is 11.8 Å². The third-order valence-corrected chi connectivity index (χ3v) is 8.38. The van der Waals surface area contributed by atoms with Crippen molar-refractivity contribution in [2.75, 3.05) is 0 Å². The Morgan fingerprint density at radius 1 is 1.19 bits per heavy atom. The average Bonchev–Trinajstić information content (AvgIpc) is 3.16. The number of esters is 1. The first-order chi connectivity index (χ1) is 14.9. The highest BCUT2D eigenvalue weighted by atomic mass is 32.2. The van der Waals surface area contributed by atoms with Crippen LogP contribution in [0.3, 0.4) is 0 Å². The minimum absolute atomic E-state index is 0.0363. The van der Waals surface area contributed by atoms with Crippen molar-refractivity contribution < 1.29 is 19.7 Å². The smallest absolute Gasteiger partial charge is 0.349 e. The van der Waals surface area contributed by atoms with Crippen LogP contribution < -0.4 is 0 Å². The van der Waals surface area contributed by atoms with Crippen molar-refractivity contribution in [3.63, 3.8) is 0 Å². The Hall–Kier alpha value is -1.76. The van der Waals surface area contributed by atoms with Crippen LogP contribution in [0.25, 0.3) is 0 Å². The number of hydrogen-bond donors (Lipinski definition) is 2. The molecule has 6 heteroatoms. The number of ether oxygens (including phenoxy) is 1. The molecule has 2 N–H and O–H groups in total. The Morgan fingerprint density at radius 3 is 2.44 bits per heavy atom. The molecule has 0 radical (unpaired) electrons. The predicted molar refractivity (Wildman–Crippen MR) is 132 cm³/mol. The first kappa shape index (κ1) is 24.9. The molecule has 2 heterocycles. The highest BCUT2D eigenvalue weighted by Gasteiger charge is 2.44. The minimum Gasteiger partial charge on any atom is -0.511 e. The molecule has 0 amide bonds. The summed E-state index contributed by atoms with van der Waals surface area (Å²) in [5.41, 5.74) is 1.42. The number of thiophene rings is 1.